The molecule has 5 rings (SSSR count). The van der Waals surface area contributed by atoms with Crippen LogP contribution in [0.3, 0.4) is 0 Å². The highest BCUT2D eigenvalue weighted by Gasteiger charge is 2.31. The topological polar surface area (TPSA) is 121 Å². The van der Waals surface area contributed by atoms with E-state index in [0.717, 1.165) is 5.56 Å². The van der Waals surface area contributed by atoms with E-state index in [0.29, 0.717) is 60.7 Å². The minimum Gasteiger partial charge on any atom is -0.466 e. The third kappa shape index (κ3) is 5.64. The van der Waals surface area contributed by atoms with Crippen LogP contribution in [-0.4, -0.2) is 41.0 Å². The van der Waals surface area contributed by atoms with Crippen LogP contribution in [0.25, 0.3) is 5.69 Å². The zero-order valence-corrected chi connectivity index (χ0v) is 21.1. The van der Waals surface area contributed by atoms with E-state index in [1.807, 2.05) is 18.2 Å². The van der Waals surface area contributed by atoms with Crippen molar-refractivity contribution in [1.29, 1.82) is 0 Å². The largest absolute Gasteiger partial charge is 0.466 e. The predicted octanol–water partition coefficient (Wildman–Crippen LogP) is 3.84. The van der Waals surface area contributed by atoms with E-state index in [1.54, 1.807) is 48.3 Å². The zero-order chi connectivity index (χ0) is 26.5. The summed E-state index contributed by atoms with van der Waals surface area (Å²) in [5.74, 6) is 0.223. The second-order valence-electron chi connectivity index (χ2n) is 9.34. The first-order chi connectivity index (χ1) is 18.5. The third-order valence-electron chi connectivity index (χ3n) is 6.88. The molecule has 0 unspecified atom stereocenters. The molecule has 0 bridgehead atoms. The van der Waals surface area contributed by atoms with Crippen molar-refractivity contribution >= 4 is 23.5 Å². The standard InChI is InChI=1S/C28H30N4O6/c1-2-36-28(35)20-7-5-19(6-8-20)26(33)31-23-10-9-21(32-13-3-12-30-32)15-22(23)27(34)29-16-18-4-11-24-25(14-18)38-17-37-24/h3-4,9-15,19-20H,2,5-8,16-17H2,1H3,(H,29,34)(H,31,33)/t19-,20-. The van der Waals surface area contributed by atoms with Gasteiger partial charge < -0.3 is 24.8 Å². The van der Waals surface area contributed by atoms with E-state index in [9.17, 15) is 14.4 Å². The Bertz CT molecular complexity index is 1310. The molecule has 2 N–H and O–H groups in total. The number of benzene rings is 2. The maximum absolute atomic E-state index is 13.3. The Morgan fingerprint density at radius 2 is 1.82 bits per heavy atom. The number of nitrogens with one attached hydrogen (secondary N) is 2. The van der Waals surface area contributed by atoms with Gasteiger partial charge in [-0.15, -0.1) is 0 Å². The van der Waals surface area contributed by atoms with Crippen molar-refractivity contribution in [2.45, 2.75) is 39.2 Å². The Morgan fingerprint density at radius 1 is 1.03 bits per heavy atom. The summed E-state index contributed by atoms with van der Waals surface area (Å²) in [6.07, 6.45) is 5.83. The summed E-state index contributed by atoms with van der Waals surface area (Å²) in [5.41, 5.74) is 2.29. The maximum atomic E-state index is 13.3. The van der Waals surface area contributed by atoms with E-state index in [4.69, 9.17) is 14.2 Å². The Hall–Kier alpha value is -4.34. The molecule has 0 radical (unpaired) electrons. The van der Waals surface area contributed by atoms with Gasteiger partial charge in [-0.05, 0) is 74.6 Å². The fourth-order valence-corrected chi connectivity index (χ4v) is 4.81. The first kappa shape index (κ1) is 25.3. The lowest BCUT2D eigenvalue weighted by molar-refractivity contribution is -0.150. The first-order valence-corrected chi connectivity index (χ1v) is 12.8. The van der Waals surface area contributed by atoms with Gasteiger partial charge in [0.05, 0.1) is 29.5 Å². The summed E-state index contributed by atoms with van der Waals surface area (Å²) >= 11 is 0. The summed E-state index contributed by atoms with van der Waals surface area (Å²) in [5, 5.41) is 10.1. The molecule has 0 spiro atoms. The van der Waals surface area contributed by atoms with Crippen LogP contribution in [0.5, 0.6) is 11.5 Å². The van der Waals surface area contributed by atoms with Gasteiger partial charge >= 0.3 is 5.97 Å². The second-order valence-corrected chi connectivity index (χ2v) is 9.34. The highest BCUT2D eigenvalue weighted by Crippen LogP contribution is 2.33. The van der Waals surface area contributed by atoms with Gasteiger partial charge in [0.15, 0.2) is 11.5 Å². The molecule has 198 valence electrons. The number of aromatic nitrogens is 2. The van der Waals surface area contributed by atoms with Crippen LogP contribution in [0, 0.1) is 11.8 Å². The lowest BCUT2D eigenvalue weighted by Crippen LogP contribution is -2.31. The number of carbonyl (C=O) groups excluding carboxylic acids is 3. The van der Waals surface area contributed by atoms with Crippen LogP contribution in [0.15, 0.2) is 54.9 Å². The molecule has 1 aliphatic carbocycles. The number of anilines is 1. The number of rotatable bonds is 8. The Labute approximate surface area is 220 Å². The van der Waals surface area contributed by atoms with Crippen LogP contribution >= 0.6 is 0 Å². The lowest BCUT2D eigenvalue weighted by atomic mass is 9.81. The summed E-state index contributed by atoms with van der Waals surface area (Å²) in [6.45, 7) is 2.59. The number of hydrogen-bond acceptors (Lipinski definition) is 7. The maximum Gasteiger partial charge on any atom is 0.308 e. The highest BCUT2D eigenvalue weighted by atomic mass is 16.7. The minimum atomic E-state index is -0.335. The summed E-state index contributed by atoms with van der Waals surface area (Å²) in [4.78, 5) is 38.5. The molecule has 10 nitrogen and oxygen atoms in total. The van der Waals surface area contributed by atoms with Gasteiger partial charge in [-0.25, -0.2) is 4.68 Å². The van der Waals surface area contributed by atoms with Crippen LogP contribution in [-0.2, 0) is 20.9 Å². The quantitative estimate of drug-likeness (QED) is 0.435. The Kier molecular flexibility index (Phi) is 7.57. The van der Waals surface area contributed by atoms with Gasteiger partial charge in [0, 0.05) is 24.9 Å². The number of esters is 1. The Morgan fingerprint density at radius 3 is 2.58 bits per heavy atom. The summed E-state index contributed by atoms with van der Waals surface area (Å²) < 4.78 is 17.5. The molecule has 3 aromatic rings. The van der Waals surface area contributed by atoms with Gasteiger partial charge in [0.1, 0.15) is 0 Å². The van der Waals surface area contributed by atoms with Crippen LogP contribution in [0.4, 0.5) is 5.69 Å². The first-order valence-electron chi connectivity index (χ1n) is 12.8. The van der Waals surface area contributed by atoms with Crippen molar-refractivity contribution in [3.05, 3.63) is 66.0 Å². The third-order valence-corrected chi connectivity index (χ3v) is 6.88. The van der Waals surface area contributed by atoms with Crippen LogP contribution in [0.2, 0.25) is 0 Å². The number of hydrogen-bond donors (Lipinski definition) is 2. The van der Waals surface area contributed by atoms with Crippen molar-refractivity contribution in [2.24, 2.45) is 11.8 Å². The number of nitrogens with zero attached hydrogens (tertiary/aromatic N) is 2. The molecule has 0 saturated heterocycles. The van der Waals surface area contributed by atoms with Crippen molar-refractivity contribution < 1.29 is 28.6 Å². The van der Waals surface area contributed by atoms with E-state index in [2.05, 4.69) is 15.7 Å². The van der Waals surface area contributed by atoms with E-state index < -0.39 is 0 Å². The molecule has 0 atom stereocenters. The zero-order valence-electron chi connectivity index (χ0n) is 21.1. The molecule has 2 aliphatic rings. The van der Waals surface area contributed by atoms with Gasteiger partial charge in [-0.1, -0.05) is 6.07 Å². The molecule has 1 aliphatic heterocycles. The van der Waals surface area contributed by atoms with Crippen LogP contribution < -0.4 is 20.1 Å². The molecule has 2 amide bonds. The molecule has 10 heteroatoms. The Balaban J connectivity index is 1.29. The van der Waals surface area contributed by atoms with E-state index in [1.165, 1.54) is 0 Å². The number of ether oxygens (including phenoxy) is 3. The molecule has 1 saturated carbocycles. The molecule has 2 heterocycles. The molecule has 2 aromatic carbocycles. The molecule has 1 fully saturated rings. The molecule has 38 heavy (non-hydrogen) atoms. The monoisotopic (exact) mass is 518 g/mol. The van der Waals surface area contributed by atoms with Crippen molar-refractivity contribution in [1.82, 2.24) is 15.1 Å². The van der Waals surface area contributed by atoms with Crippen molar-refractivity contribution in [2.75, 3.05) is 18.7 Å². The van der Waals surface area contributed by atoms with Gasteiger partial charge in [-0.2, -0.15) is 5.10 Å². The smallest absolute Gasteiger partial charge is 0.308 e. The van der Waals surface area contributed by atoms with Gasteiger partial charge in [0.2, 0.25) is 12.7 Å². The van der Waals surface area contributed by atoms with E-state index >= 15 is 0 Å². The van der Waals surface area contributed by atoms with E-state index in [-0.39, 0.29) is 43.0 Å². The average Bonchev–Trinajstić information content (AvgIpc) is 3.64. The summed E-state index contributed by atoms with van der Waals surface area (Å²) in [6, 6.07) is 12.5. The van der Waals surface area contributed by atoms with Gasteiger partial charge in [0.25, 0.3) is 5.91 Å². The second kappa shape index (κ2) is 11.4. The number of carbonyl (C=O) groups is 3. The van der Waals surface area contributed by atoms with Gasteiger partial charge in [-0.3, -0.25) is 14.4 Å². The minimum absolute atomic E-state index is 0.162. The number of amides is 2. The average molecular weight is 519 g/mol. The normalized spacial score (nSPS) is 18.0. The fourth-order valence-electron chi connectivity index (χ4n) is 4.81. The van der Waals surface area contributed by atoms with Crippen LogP contribution in [0.1, 0.15) is 48.5 Å². The predicted molar refractivity (Wildman–Crippen MR) is 138 cm³/mol. The lowest BCUT2D eigenvalue weighted by Gasteiger charge is -2.26. The molecule has 1 aromatic heterocycles. The number of fused-ring (bicyclic) bond motifs is 1. The molecular formula is C28H30N4O6. The fraction of sp³-hybridized carbons (Fsp3) is 0.357. The van der Waals surface area contributed by atoms with Crippen molar-refractivity contribution in [3.8, 4) is 17.2 Å². The SMILES string of the molecule is CCOC(=O)[C@H]1CC[C@H](C(=O)Nc2ccc(-n3cccn3)cc2C(=O)NCc2ccc3c(c2)OCO3)CC1. The summed E-state index contributed by atoms with van der Waals surface area (Å²) in [7, 11) is 0. The van der Waals surface area contributed by atoms with Crippen molar-refractivity contribution in [3.63, 3.8) is 0 Å². The molecular weight excluding hydrogens is 488 g/mol. The highest BCUT2D eigenvalue weighted by molar-refractivity contribution is 6.04.